The number of aromatic amines is 1. The quantitative estimate of drug-likeness (QED) is 0.770. The highest BCUT2D eigenvalue weighted by Crippen LogP contribution is 2.21. The van der Waals surface area contributed by atoms with Crippen LogP contribution in [0.3, 0.4) is 0 Å². The maximum absolute atomic E-state index is 13.6. The molecule has 1 atom stereocenters. The van der Waals surface area contributed by atoms with Gasteiger partial charge in [0, 0.05) is 0 Å². The molecule has 5 heteroatoms. The number of nitrogens with one attached hydrogen (secondary N) is 1. The third-order valence-electron chi connectivity index (χ3n) is 3.21. The van der Waals surface area contributed by atoms with Crippen molar-refractivity contribution in [2.45, 2.75) is 12.5 Å². The topological polar surface area (TPSA) is 54.7 Å². The van der Waals surface area contributed by atoms with Crippen LogP contribution in [0.5, 0.6) is 0 Å². The van der Waals surface area contributed by atoms with E-state index in [9.17, 15) is 8.78 Å². The first-order valence-electron chi connectivity index (χ1n) is 6.28. The number of halogens is 2. The maximum atomic E-state index is 13.6. The minimum absolute atomic E-state index is 0.0106. The Morgan fingerprint density at radius 1 is 1.10 bits per heavy atom. The zero-order valence-electron chi connectivity index (χ0n) is 10.6. The summed E-state index contributed by atoms with van der Waals surface area (Å²) >= 11 is 0. The predicted molar refractivity (Wildman–Crippen MR) is 73.1 cm³/mol. The zero-order valence-corrected chi connectivity index (χ0v) is 10.6. The molecule has 1 aromatic heterocycles. The molecule has 0 fully saturated rings. The molecular formula is C15H13F2N3. The lowest BCUT2D eigenvalue weighted by Gasteiger charge is -2.08. The number of fused-ring (bicyclic) bond motifs is 1. The Bertz CT molecular complexity index is 737. The Kier molecular flexibility index (Phi) is 3.20. The summed E-state index contributed by atoms with van der Waals surface area (Å²) in [7, 11) is 0. The maximum Gasteiger partial charge on any atom is 0.186 e. The Morgan fingerprint density at radius 2 is 1.85 bits per heavy atom. The molecule has 0 amide bonds. The van der Waals surface area contributed by atoms with Gasteiger partial charge in [-0.3, -0.25) is 0 Å². The molecule has 0 radical (unpaired) electrons. The standard InChI is InChI=1S/C15H13F2N3/c16-10-6-7-12-14(13(10)17)20-15(19-12)11(18)8-9-4-2-1-3-5-9/h1-7,11H,8,18H2,(H,19,20). The molecular weight excluding hydrogens is 260 g/mol. The Balaban J connectivity index is 1.92. The van der Waals surface area contributed by atoms with Crippen LogP contribution >= 0.6 is 0 Å². The number of hydrogen-bond acceptors (Lipinski definition) is 2. The van der Waals surface area contributed by atoms with Gasteiger partial charge in [-0.15, -0.1) is 0 Å². The first-order chi connectivity index (χ1) is 9.65. The fourth-order valence-electron chi connectivity index (χ4n) is 2.18. The van der Waals surface area contributed by atoms with Gasteiger partial charge in [-0.1, -0.05) is 30.3 Å². The zero-order chi connectivity index (χ0) is 14.1. The minimum Gasteiger partial charge on any atom is -0.341 e. The van der Waals surface area contributed by atoms with Crippen molar-refractivity contribution in [1.29, 1.82) is 0 Å². The van der Waals surface area contributed by atoms with E-state index in [1.165, 1.54) is 6.07 Å². The molecule has 3 aromatic rings. The largest absolute Gasteiger partial charge is 0.341 e. The second-order valence-corrected chi connectivity index (χ2v) is 4.68. The number of benzene rings is 2. The van der Waals surface area contributed by atoms with Crippen LogP contribution in [-0.2, 0) is 6.42 Å². The Labute approximate surface area is 114 Å². The number of rotatable bonds is 3. The molecule has 0 aliphatic carbocycles. The summed E-state index contributed by atoms with van der Waals surface area (Å²) in [6, 6.07) is 11.8. The SMILES string of the molecule is NC(Cc1ccccc1)c1nc2c(F)c(F)ccc2[nH]1. The van der Waals surface area contributed by atoms with Crippen molar-refractivity contribution in [2.24, 2.45) is 5.73 Å². The van der Waals surface area contributed by atoms with E-state index in [4.69, 9.17) is 5.73 Å². The molecule has 0 saturated heterocycles. The van der Waals surface area contributed by atoms with Gasteiger partial charge in [0.1, 0.15) is 11.3 Å². The van der Waals surface area contributed by atoms with Gasteiger partial charge in [0.05, 0.1) is 11.6 Å². The van der Waals surface area contributed by atoms with Gasteiger partial charge < -0.3 is 10.7 Å². The summed E-state index contributed by atoms with van der Waals surface area (Å²) in [5.74, 6) is -1.41. The van der Waals surface area contributed by atoms with Gasteiger partial charge in [-0.05, 0) is 24.1 Å². The molecule has 0 aliphatic rings. The van der Waals surface area contributed by atoms with Gasteiger partial charge in [-0.25, -0.2) is 13.8 Å². The van der Waals surface area contributed by atoms with Crippen LogP contribution in [0.1, 0.15) is 17.4 Å². The van der Waals surface area contributed by atoms with E-state index in [1.54, 1.807) is 0 Å². The van der Waals surface area contributed by atoms with Crippen molar-refractivity contribution >= 4 is 11.0 Å². The van der Waals surface area contributed by atoms with Crippen LogP contribution in [0.4, 0.5) is 8.78 Å². The average Bonchev–Trinajstić information content (AvgIpc) is 2.89. The summed E-state index contributed by atoms with van der Waals surface area (Å²) in [5.41, 5.74) is 7.57. The van der Waals surface area contributed by atoms with Crippen molar-refractivity contribution < 1.29 is 8.78 Å². The van der Waals surface area contributed by atoms with E-state index in [0.717, 1.165) is 11.6 Å². The van der Waals surface area contributed by atoms with E-state index < -0.39 is 17.7 Å². The first-order valence-corrected chi connectivity index (χ1v) is 6.28. The second kappa shape index (κ2) is 5.02. The van der Waals surface area contributed by atoms with Gasteiger partial charge in [0.25, 0.3) is 0 Å². The first kappa shape index (κ1) is 12.7. The Morgan fingerprint density at radius 3 is 2.60 bits per heavy atom. The molecule has 0 aliphatic heterocycles. The fraction of sp³-hybridized carbons (Fsp3) is 0.133. The number of hydrogen-bond donors (Lipinski definition) is 2. The van der Waals surface area contributed by atoms with Crippen molar-refractivity contribution in [3.05, 3.63) is 65.5 Å². The monoisotopic (exact) mass is 273 g/mol. The molecule has 2 aromatic carbocycles. The van der Waals surface area contributed by atoms with Crippen LogP contribution in [0.25, 0.3) is 11.0 Å². The molecule has 1 unspecified atom stereocenters. The number of H-pyrrole nitrogens is 1. The van der Waals surface area contributed by atoms with Gasteiger partial charge >= 0.3 is 0 Å². The molecule has 3 N–H and O–H groups in total. The lowest BCUT2D eigenvalue weighted by Crippen LogP contribution is -2.14. The highest BCUT2D eigenvalue weighted by Gasteiger charge is 2.16. The highest BCUT2D eigenvalue weighted by molar-refractivity contribution is 5.75. The lowest BCUT2D eigenvalue weighted by molar-refractivity contribution is 0.515. The minimum atomic E-state index is -0.947. The summed E-state index contributed by atoms with van der Waals surface area (Å²) < 4.78 is 26.7. The van der Waals surface area contributed by atoms with Crippen molar-refractivity contribution in [1.82, 2.24) is 9.97 Å². The van der Waals surface area contributed by atoms with Gasteiger partial charge in [0.15, 0.2) is 11.6 Å². The average molecular weight is 273 g/mol. The van der Waals surface area contributed by atoms with Crippen LogP contribution in [0.2, 0.25) is 0 Å². The molecule has 0 saturated carbocycles. The van der Waals surface area contributed by atoms with E-state index in [0.29, 0.717) is 17.8 Å². The normalized spacial score (nSPS) is 12.8. The number of imidazole rings is 1. The highest BCUT2D eigenvalue weighted by atomic mass is 19.2. The summed E-state index contributed by atoms with van der Waals surface area (Å²) in [6.45, 7) is 0. The molecule has 1 heterocycles. The van der Waals surface area contributed by atoms with Gasteiger partial charge in [-0.2, -0.15) is 0 Å². The number of nitrogens with two attached hydrogens (primary N) is 1. The second-order valence-electron chi connectivity index (χ2n) is 4.68. The van der Waals surface area contributed by atoms with Crippen molar-refractivity contribution in [3.8, 4) is 0 Å². The van der Waals surface area contributed by atoms with Crippen molar-refractivity contribution in [3.63, 3.8) is 0 Å². The molecule has 3 nitrogen and oxygen atoms in total. The van der Waals surface area contributed by atoms with Crippen LogP contribution in [-0.4, -0.2) is 9.97 Å². The third-order valence-corrected chi connectivity index (χ3v) is 3.21. The van der Waals surface area contributed by atoms with Crippen LogP contribution in [0, 0.1) is 11.6 Å². The molecule has 3 rings (SSSR count). The number of nitrogens with zero attached hydrogens (tertiary/aromatic N) is 1. The van der Waals surface area contributed by atoms with Crippen LogP contribution < -0.4 is 5.73 Å². The van der Waals surface area contributed by atoms with E-state index in [2.05, 4.69) is 9.97 Å². The van der Waals surface area contributed by atoms with Crippen LogP contribution in [0.15, 0.2) is 42.5 Å². The smallest absolute Gasteiger partial charge is 0.186 e. The van der Waals surface area contributed by atoms with Crippen molar-refractivity contribution in [2.75, 3.05) is 0 Å². The molecule has 20 heavy (non-hydrogen) atoms. The third kappa shape index (κ3) is 2.28. The summed E-state index contributed by atoms with van der Waals surface area (Å²) in [5, 5.41) is 0. The predicted octanol–water partition coefficient (Wildman–Crippen LogP) is 3.08. The summed E-state index contributed by atoms with van der Waals surface area (Å²) in [4.78, 5) is 7.01. The van der Waals surface area contributed by atoms with E-state index >= 15 is 0 Å². The van der Waals surface area contributed by atoms with E-state index in [1.807, 2.05) is 30.3 Å². The fourth-order valence-corrected chi connectivity index (χ4v) is 2.18. The lowest BCUT2D eigenvalue weighted by atomic mass is 10.1. The Hall–Kier alpha value is -2.27. The molecule has 102 valence electrons. The molecule has 0 bridgehead atoms. The van der Waals surface area contributed by atoms with Gasteiger partial charge in [0.2, 0.25) is 0 Å². The summed E-state index contributed by atoms with van der Waals surface area (Å²) in [6.07, 6.45) is 0.574. The molecule has 0 spiro atoms. The number of aromatic nitrogens is 2. The van der Waals surface area contributed by atoms with E-state index in [-0.39, 0.29) is 5.52 Å².